The van der Waals surface area contributed by atoms with E-state index in [9.17, 15) is 4.79 Å². The summed E-state index contributed by atoms with van der Waals surface area (Å²) >= 11 is 0. The van der Waals surface area contributed by atoms with E-state index in [0.29, 0.717) is 0 Å². The van der Waals surface area contributed by atoms with Gasteiger partial charge in [-0.05, 0) is 53.6 Å². The van der Waals surface area contributed by atoms with Gasteiger partial charge in [-0.25, -0.2) is 0 Å². The first kappa shape index (κ1) is 17.3. The number of carbonyl (C=O) groups excluding carboxylic acids is 1. The van der Waals surface area contributed by atoms with Gasteiger partial charge in [0.2, 0.25) is 5.91 Å². The molecule has 0 bridgehead atoms. The summed E-state index contributed by atoms with van der Waals surface area (Å²) < 4.78 is 13.0. The first-order chi connectivity index (χ1) is 14.2. The smallest absolute Gasteiger partial charge is 0.228 e. The SMILES string of the molecule is COc1ccc(-c2c(-c3ccccc3)c3c4occcc-4cc3n2C(C)=O)cc1. The quantitative estimate of drug-likeness (QED) is 0.366. The highest BCUT2D eigenvalue weighted by atomic mass is 16.5. The molecule has 0 unspecified atom stereocenters. The van der Waals surface area contributed by atoms with Crippen LogP contribution in [-0.4, -0.2) is 17.6 Å². The summed E-state index contributed by atoms with van der Waals surface area (Å²) in [6.45, 7) is 1.59. The second-order valence-corrected chi connectivity index (χ2v) is 6.97. The summed E-state index contributed by atoms with van der Waals surface area (Å²) in [5.74, 6) is 1.52. The molecule has 4 nitrogen and oxygen atoms in total. The molecule has 2 aliphatic rings. The lowest BCUT2D eigenvalue weighted by Gasteiger charge is -2.12. The Hall–Kier alpha value is -3.79. The second-order valence-electron chi connectivity index (χ2n) is 6.97. The van der Waals surface area contributed by atoms with Gasteiger partial charge in [0.05, 0.1) is 30.0 Å². The van der Waals surface area contributed by atoms with Crippen LogP contribution in [0.1, 0.15) is 11.7 Å². The van der Waals surface area contributed by atoms with Gasteiger partial charge in [-0.1, -0.05) is 30.3 Å². The molecule has 0 spiro atoms. The molecular formula is C25H19NO3. The number of hydrogen-bond acceptors (Lipinski definition) is 3. The standard InChI is InChI=1S/C25H19NO3/c1-16(27)26-21-15-19-9-6-14-29-25(19)23(21)22(17-7-4-3-5-8-17)24(26)18-10-12-20(28-2)13-11-18/h3-15H,1-2H3. The Morgan fingerprint density at radius 1 is 0.897 bits per heavy atom. The van der Waals surface area contributed by atoms with Crippen molar-refractivity contribution in [2.75, 3.05) is 7.11 Å². The van der Waals surface area contributed by atoms with Crippen molar-refractivity contribution in [1.82, 2.24) is 4.57 Å². The van der Waals surface area contributed by atoms with Crippen molar-refractivity contribution in [2.45, 2.75) is 6.92 Å². The number of benzene rings is 2. The molecule has 0 radical (unpaired) electrons. The first-order valence-electron chi connectivity index (χ1n) is 9.44. The van der Waals surface area contributed by atoms with Crippen LogP contribution in [-0.2, 0) is 0 Å². The Morgan fingerprint density at radius 3 is 2.31 bits per heavy atom. The van der Waals surface area contributed by atoms with Crippen LogP contribution in [0, 0.1) is 0 Å². The van der Waals surface area contributed by atoms with Gasteiger partial charge in [-0.3, -0.25) is 9.36 Å². The third-order valence-corrected chi connectivity index (χ3v) is 5.27. The molecule has 1 aliphatic heterocycles. The Labute approximate surface area is 168 Å². The van der Waals surface area contributed by atoms with Crippen molar-refractivity contribution in [1.29, 1.82) is 0 Å². The maximum Gasteiger partial charge on any atom is 0.228 e. The van der Waals surface area contributed by atoms with Gasteiger partial charge in [-0.2, -0.15) is 0 Å². The highest BCUT2D eigenvalue weighted by Gasteiger charge is 2.28. The molecule has 4 heteroatoms. The van der Waals surface area contributed by atoms with E-state index < -0.39 is 0 Å². The fourth-order valence-electron chi connectivity index (χ4n) is 4.05. The van der Waals surface area contributed by atoms with Crippen LogP contribution < -0.4 is 4.74 Å². The van der Waals surface area contributed by atoms with Crippen LogP contribution in [0.2, 0.25) is 0 Å². The van der Waals surface area contributed by atoms with Gasteiger partial charge < -0.3 is 9.15 Å². The lowest BCUT2D eigenvalue weighted by molar-refractivity contribution is 0.0943. The molecule has 0 N–H and O–H groups in total. The Balaban J connectivity index is 1.95. The first-order valence-corrected chi connectivity index (χ1v) is 9.44. The molecule has 3 aromatic rings. The van der Waals surface area contributed by atoms with Crippen LogP contribution in [0.3, 0.4) is 0 Å². The van der Waals surface area contributed by atoms with Crippen molar-refractivity contribution < 1.29 is 13.9 Å². The molecule has 0 saturated carbocycles. The number of carbonyl (C=O) groups is 1. The Morgan fingerprint density at radius 2 is 1.62 bits per heavy atom. The normalized spacial score (nSPS) is 11.2. The van der Waals surface area contributed by atoms with Crippen LogP contribution in [0.25, 0.3) is 44.6 Å². The van der Waals surface area contributed by atoms with E-state index in [1.165, 1.54) is 0 Å². The minimum absolute atomic E-state index is 0.0432. The number of methoxy groups -OCH3 is 1. The molecular weight excluding hydrogens is 362 g/mol. The molecule has 5 rings (SSSR count). The lowest BCUT2D eigenvalue weighted by Crippen LogP contribution is -2.07. The van der Waals surface area contributed by atoms with E-state index in [1.807, 2.05) is 60.7 Å². The monoisotopic (exact) mass is 381 g/mol. The zero-order valence-electron chi connectivity index (χ0n) is 16.2. The predicted octanol–water partition coefficient (Wildman–Crippen LogP) is 6.34. The van der Waals surface area contributed by atoms with Crippen molar-refractivity contribution >= 4 is 16.8 Å². The summed E-state index contributed by atoms with van der Waals surface area (Å²) in [5.41, 5.74) is 5.66. The molecule has 1 aromatic heterocycles. The van der Waals surface area contributed by atoms with E-state index in [4.69, 9.17) is 9.15 Å². The van der Waals surface area contributed by atoms with E-state index in [1.54, 1.807) is 24.9 Å². The minimum atomic E-state index is -0.0432. The highest BCUT2D eigenvalue weighted by molar-refractivity contribution is 6.16. The van der Waals surface area contributed by atoms with Gasteiger partial charge >= 0.3 is 0 Å². The van der Waals surface area contributed by atoms with Crippen LogP contribution >= 0.6 is 0 Å². The topological polar surface area (TPSA) is 44.4 Å². The molecule has 1 aliphatic carbocycles. The summed E-state index contributed by atoms with van der Waals surface area (Å²) in [7, 11) is 1.64. The third-order valence-electron chi connectivity index (χ3n) is 5.27. The van der Waals surface area contributed by atoms with Crippen LogP contribution in [0.4, 0.5) is 0 Å². The van der Waals surface area contributed by atoms with Crippen molar-refractivity contribution in [3.05, 3.63) is 79.1 Å². The number of nitrogens with zero attached hydrogens (tertiary/aromatic N) is 1. The molecule has 29 heavy (non-hydrogen) atoms. The number of hydrogen-bond donors (Lipinski definition) is 0. The summed E-state index contributed by atoms with van der Waals surface area (Å²) in [6, 6.07) is 23.8. The van der Waals surface area contributed by atoms with Gasteiger partial charge in [-0.15, -0.1) is 0 Å². The number of aromatic nitrogens is 1. The fraction of sp³-hybridized carbons (Fsp3) is 0.0800. The molecule has 0 saturated heterocycles. The zero-order valence-corrected chi connectivity index (χ0v) is 16.2. The predicted molar refractivity (Wildman–Crippen MR) is 115 cm³/mol. The van der Waals surface area contributed by atoms with Gasteiger partial charge in [0, 0.05) is 18.1 Å². The molecule has 0 atom stereocenters. The molecule has 2 aromatic carbocycles. The van der Waals surface area contributed by atoms with Gasteiger partial charge in [0.1, 0.15) is 11.5 Å². The lowest BCUT2D eigenvalue weighted by atomic mass is 9.98. The minimum Gasteiger partial charge on any atom is -0.497 e. The Kier molecular flexibility index (Phi) is 3.98. The van der Waals surface area contributed by atoms with Crippen molar-refractivity contribution in [3.8, 4) is 39.5 Å². The fourth-order valence-corrected chi connectivity index (χ4v) is 4.05. The van der Waals surface area contributed by atoms with Crippen molar-refractivity contribution in [3.63, 3.8) is 0 Å². The average molecular weight is 381 g/mol. The summed E-state index contributed by atoms with van der Waals surface area (Å²) in [6.07, 6.45) is 1.68. The number of ether oxygens (including phenoxy) is 1. The van der Waals surface area contributed by atoms with Crippen molar-refractivity contribution in [2.24, 2.45) is 0 Å². The largest absolute Gasteiger partial charge is 0.497 e. The van der Waals surface area contributed by atoms with Gasteiger partial charge in [0.15, 0.2) is 0 Å². The van der Waals surface area contributed by atoms with E-state index in [2.05, 4.69) is 12.1 Å². The maximum absolute atomic E-state index is 12.8. The highest BCUT2D eigenvalue weighted by Crippen LogP contribution is 2.47. The zero-order chi connectivity index (χ0) is 20.0. The van der Waals surface area contributed by atoms with Gasteiger partial charge in [0.25, 0.3) is 0 Å². The van der Waals surface area contributed by atoms with E-state index >= 15 is 0 Å². The summed E-state index contributed by atoms with van der Waals surface area (Å²) in [4.78, 5) is 12.8. The molecule has 2 heterocycles. The second kappa shape index (κ2) is 6.67. The summed E-state index contributed by atoms with van der Waals surface area (Å²) in [5, 5.41) is 0.952. The average Bonchev–Trinajstić information content (AvgIpc) is 3.28. The molecule has 0 amide bonds. The maximum atomic E-state index is 12.8. The molecule has 142 valence electrons. The van der Waals surface area contributed by atoms with Crippen LogP contribution in [0.5, 0.6) is 5.75 Å². The number of fused-ring (bicyclic) bond motifs is 3. The van der Waals surface area contributed by atoms with E-state index in [-0.39, 0.29) is 5.91 Å². The third kappa shape index (κ3) is 2.64. The number of rotatable bonds is 3. The Bertz CT molecular complexity index is 1290. The molecule has 0 fully saturated rings. The van der Waals surface area contributed by atoms with Crippen LogP contribution in [0.15, 0.2) is 83.5 Å². The van der Waals surface area contributed by atoms with E-state index in [0.717, 1.165) is 50.4 Å².